The van der Waals surface area contributed by atoms with E-state index in [-0.39, 0.29) is 17.9 Å². The predicted molar refractivity (Wildman–Crippen MR) is 74.4 cm³/mol. The number of para-hydroxylation sites is 1. The standard InChI is InChI=1S/C15H22FNO3/c1-15(7-4-8-19-11-15)17-9-12(18)10-20-14-6-3-2-5-13(14)16/h2-3,5-6,12,17-18H,4,7-11H2,1H3. The summed E-state index contributed by atoms with van der Waals surface area (Å²) in [6.45, 7) is 3.99. The Bertz CT molecular complexity index is 421. The van der Waals surface area contributed by atoms with Crippen LogP contribution < -0.4 is 10.1 Å². The van der Waals surface area contributed by atoms with Crippen LogP contribution in [-0.4, -0.2) is 43.1 Å². The third-order valence-corrected chi connectivity index (χ3v) is 3.47. The van der Waals surface area contributed by atoms with Gasteiger partial charge in [0.2, 0.25) is 0 Å². The molecule has 1 aromatic rings. The smallest absolute Gasteiger partial charge is 0.165 e. The van der Waals surface area contributed by atoms with Gasteiger partial charge in [-0.05, 0) is 31.9 Å². The van der Waals surface area contributed by atoms with Gasteiger partial charge in [0.05, 0.1) is 6.61 Å². The van der Waals surface area contributed by atoms with Gasteiger partial charge in [-0.2, -0.15) is 0 Å². The average Bonchev–Trinajstić information content (AvgIpc) is 2.45. The molecule has 1 fully saturated rings. The second-order valence-electron chi connectivity index (χ2n) is 5.49. The zero-order chi connectivity index (χ0) is 14.4. The Morgan fingerprint density at radius 1 is 1.50 bits per heavy atom. The highest BCUT2D eigenvalue weighted by atomic mass is 19.1. The minimum atomic E-state index is -0.687. The van der Waals surface area contributed by atoms with Gasteiger partial charge in [-0.15, -0.1) is 0 Å². The van der Waals surface area contributed by atoms with Crippen LogP contribution in [0, 0.1) is 5.82 Å². The lowest BCUT2D eigenvalue weighted by Gasteiger charge is -2.35. The molecule has 2 rings (SSSR count). The van der Waals surface area contributed by atoms with Crippen molar-refractivity contribution in [1.82, 2.24) is 5.32 Å². The van der Waals surface area contributed by atoms with Crippen molar-refractivity contribution in [3.63, 3.8) is 0 Å². The van der Waals surface area contributed by atoms with Crippen LogP contribution in [0.3, 0.4) is 0 Å². The number of β-amino-alcohol motifs (C(OH)–C–C–N with tert-alkyl or cyclic N) is 1. The summed E-state index contributed by atoms with van der Waals surface area (Å²) in [5, 5.41) is 13.2. The molecule has 112 valence electrons. The number of hydrogen-bond acceptors (Lipinski definition) is 4. The molecule has 1 saturated heterocycles. The topological polar surface area (TPSA) is 50.7 Å². The summed E-state index contributed by atoms with van der Waals surface area (Å²) in [4.78, 5) is 0. The normalized spacial score (nSPS) is 24.4. The monoisotopic (exact) mass is 283 g/mol. The van der Waals surface area contributed by atoms with E-state index >= 15 is 0 Å². The molecule has 0 radical (unpaired) electrons. The first-order chi connectivity index (χ1) is 9.59. The third kappa shape index (κ3) is 4.44. The van der Waals surface area contributed by atoms with Crippen molar-refractivity contribution in [2.45, 2.75) is 31.4 Å². The Kier molecular flexibility index (Phi) is 5.34. The Hall–Kier alpha value is -1.17. The first kappa shape index (κ1) is 15.2. The molecule has 4 nitrogen and oxygen atoms in total. The largest absolute Gasteiger partial charge is 0.488 e. The number of aliphatic hydroxyl groups is 1. The van der Waals surface area contributed by atoms with Gasteiger partial charge in [-0.1, -0.05) is 12.1 Å². The van der Waals surface area contributed by atoms with Crippen LogP contribution in [-0.2, 0) is 4.74 Å². The molecule has 0 bridgehead atoms. The van der Waals surface area contributed by atoms with Crippen molar-refractivity contribution in [2.24, 2.45) is 0 Å². The molecular weight excluding hydrogens is 261 g/mol. The van der Waals surface area contributed by atoms with Crippen LogP contribution in [0.1, 0.15) is 19.8 Å². The van der Waals surface area contributed by atoms with Gasteiger partial charge in [0, 0.05) is 18.7 Å². The Morgan fingerprint density at radius 3 is 3.00 bits per heavy atom. The van der Waals surface area contributed by atoms with Gasteiger partial charge >= 0.3 is 0 Å². The second-order valence-corrected chi connectivity index (χ2v) is 5.49. The molecule has 20 heavy (non-hydrogen) atoms. The summed E-state index contributed by atoms with van der Waals surface area (Å²) in [6.07, 6.45) is 1.35. The van der Waals surface area contributed by atoms with E-state index in [4.69, 9.17) is 9.47 Å². The van der Waals surface area contributed by atoms with Crippen LogP contribution in [0.4, 0.5) is 4.39 Å². The zero-order valence-electron chi connectivity index (χ0n) is 11.8. The van der Waals surface area contributed by atoms with Crippen LogP contribution in [0.15, 0.2) is 24.3 Å². The van der Waals surface area contributed by atoms with E-state index in [9.17, 15) is 9.50 Å². The lowest BCUT2D eigenvalue weighted by Crippen LogP contribution is -2.51. The van der Waals surface area contributed by atoms with Gasteiger partial charge in [-0.3, -0.25) is 0 Å². The maximum Gasteiger partial charge on any atom is 0.165 e. The van der Waals surface area contributed by atoms with E-state index in [0.717, 1.165) is 19.4 Å². The molecule has 1 aliphatic heterocycles. The minimum Gasteiger partial charge on any atom is -0.488 e. The molecule has 0 saturated carbocycles. The lowest BCUT2D eigenvalue weighted by atomic mass is 9.95. The Balaban J connectivity index is 1.73. The number of benzene rings is 1. The van der Waals surface area contributed by atoms with Gasteiger partial charge < -0.3 is 19.9 Å². The van der Waals surface area contributed by atoms with Gasteiger partial charge in [-0.25, -0.2) is 4.39 Å². The van der Waals surface area contributed by atoms with Crippen LogP contribution in [0.5, 0.6) is 5.75 Å². The molecule has 0 aromatic heterocycles. The quantitative estimate of drug-likeness (QED) is 0.835. The van der Waals surface area contributed by atoms with E-state index in [1.165, 1.54) is 6.07 Å². The Morgan fingerprint density at radius 2 is 2.30 bits per heavy atom. The van der Waals surface area contributed by atoms with Gasteiger partial charge in [0.15, 0.2) is 11.6 Å². The molecule has 2 atom stereocenters. The Labute approximate surface area is 118 Å². The highest BCUT2D eigenvalue weighted by Crippen LogP contribution is 2.18. The molecule has 1 aromatic carbocycles. The summed E-state index contributed by atoms with van der Waals surface area (Å²) >= 11 is 0. The molecule has 1 aliphatic rings. The van der Waals surface area contributed by atoms with Crippen molar-refractivity contribution in [1.29, 1.82) is 0 Å². The fourth-order valence-electron chi connectivity index (χ4n) is 2.24. The highest BCUT2D eigenvalue weighted by molar-refractivity contribution is 5.23. The average molecular weight is 283 g/mol. The number of aliphatic hydroxyl groups excluding tert-OH is 1. The maximum atomic E-state index is 13.3. The van der Waals surface area contributed by atoms with Crippen molar-refractivity contribution < 1.29 is 19.0 Å². The number of rotatable bonds is 6. The molecule has 2 N–H and O–H groups in total. The first-order valence-electron chi connectivity index (χ1n) is 6.97. The molecule has 1 heterocycles. The summed E-state index contributed by atoms with van der Waals surface area (Å²) in [6, 6.07) is 6.18. The van der Waals surface area contributed by atoms with Crippen molar-refractivity contribution >= 4 is 0 Å². The number of nitrogens with one attached hydrogen (secondary N) is 1. The number of ether oxygens (including phenoxy) is 2. The summed E-state index contributed by atoms with van der Waals surface area (Å²) in [7, 11) is 0. The maximum absolute atomic E-state index is 13.3. The zero-order valence-corrected chi connectivity index (χ0v) is 11.8. The van der Waals surface area contributed by atoms with E-state index in [2.05, 4.69) is 12.2 Å². The van der Waals surface area contributed by atoms with Crippen LogP contribution in [0.25, 0.3) is 0 Å². The van der Waals surface area contributed by atoms with Crippen LogP contribution >= 0.6 is 0 Å². The lowest BCUT2D eigenvalue weighted by molar-refractivity contribution is 0.0182. The fraction of sp³-hybridized carbons (Fsp3) is 0.600. The summed E-state index contributed by atoms with van der Waals surface area (Å²) < 4.78 is 24.1. The first-order valence-corrected chi connectivity index (χ1v) is 6.97. The molecule has 0 spiro atoms. The van der Waals surface area contributed by atoms with Crippen molar-refractivity contribution in [3.8, 4) is 5.75 Å². The minimum absolute atomic E-state index is 0.0604. The molecular formula is C15H22FNO3. The fourth-order valence-corrected chi connectivity index (χ4v) is 2.24. The predicted octanol–water partition coefficient (Wildman–Crippen LogP) is 1.72. The van der Waals surface area contributed by atoms with Gasteiger partial charge in [0.25, 0.3) is 0 Å². The van der Waals surface area contributed by atoms with E-state index in [1.54, 1.807) is 18.2 Å². The van der Waals surface area contributed by atoms with Gasteiger partial charge in [0.1, 0.15) is 12.7 Å². The van der Waals surface area contributed by atoms with Crippen molar-refractivity contribution in [3.05, 3.63) is 30.1 Å². The highest BCUT2D eigenvalue weighted by Gasteiger charge is 2.27. The number of halogens is 1. The van der Waals surface area contributed by atoms with E-state index < -0.39 is 11.9 Å². The van der Waals surface area contributed by atoms with E-state index in [0.29, 0.717) is 13.2 Å². The molecule has 0 amide bonds. The molecule has 0 aliphatic carbocycles. The molecule has 5 heteroatoms. The second kappa shape index (κ2) is 7.02. The molecule has 2 unspecified atom stereocenters. The van der Waals surface area contributed by atoms with Crippen LogP contribution in [0.2, 0.25) is 0 Å². The van der Waals surface area contributed by atoms with E-state index in [1.807, 2.05) is 0 Å². The van der Waals surface area contributed by atoms with Crippen molar-refractivity contribution in [2.75, 3.05) is 26.4 Å². The summed E-state index contributed by atoms with van der Waals surface area (Å²) in [5.41, 5.74) is -0.1000. The number of hydrogen-bond donors (Lipinski definition) is 2. The summed E-state index contributed by atoms with van der Waals surface area (Å²) in [5.74, 6) is -0.251. The third-order valence-electron chi connectivity index (χ3n) is 3.47. The SMILES string of the molecule is CC1(NCC(O)COc2ccccc2F)CCCOC1.